The average Bonchev–Trinajstić information content (AvgIpc) is 3.77. The molecule has 228 valence electrons. The number of benzene rings is 5. The minimum Gasteiger partial charge on any atom is -0.456 e. The van der Waals surface area contributed by atoms with E-state index in [0.717, 1.165) is 30.6 Å². The number of aromatic nitrogens is 1. The van der Waals surface area contributed by atoms with E-state index in [1.54, 1.807) is 0 Å². The van der Waals surface area contributed by atoms with Crippen molar-refractivity contribution in [2.24, 2.45) is 5.92 Å². The Morgan fingerprint density at radius 2 is 1.57 bits per heavy atom. The fourth-order valence-corrected chi connectivity index (χ4v) is 8.82. The molecule has 0 N–H and O–H groups in total. The Balaban J connectivity index is 1.08. The molecule has 3 heteroatoms. The van der Waals surface area contributed by atoms with E-state index in [-0.39, 0.29) is 0 Å². The van der Waals surface area contributed by atoms with Crippen LogP contribution in [-0.2, 0) is 6.54 Å². The first kappa shape index (κ1) is 28.1. The van der Waals surface area contributed by atoms with Crippen molar-refractivity contribution in [1.82, 2.24) is 4.57 Å². The molecule has 5 aromatic carbocycles. The maximum atomic E-state index is 6.09. The first-order valence-electron chi connectivity index (χ1n) is 16.7. The molecule has 9 rings (SSSR count). The number of rotatable bonds is 6. The molecule has 0 saturated heterocycles. The van der Waals surface area contributed by atoms with E-state index in [1.165, 1.54) is 75.0 Å². The van der Waals surface area contributed by atoms with Crippen molar-refractivity contribution in [3.63, 3.8) is 0 Å². The van der Waals surface area contributed by atoms with Crippen LogP contribution in [0.5, 0.6) is 0 Å². The summed E-state index contributed by atoms with van der Waals surface area (Å²) in [4.78, 5) is 0. The van der Waals surface area contributed by atoms with Gasteiger partial charge in [-0.3, -0.25) is 0 Å². The highest BCUT2D eigenvalue weighted by Gasteiger charge is 2.20. The second-order valence-corrected chi connectivity index (χ2v) is 13.8. The molecule has 0 radical (unpaired) electrons. The van der Waals surface area contributed by atoms with Crippen LogP contribution in [0.4, 0.5) is 0 Å². The minimum atomic E-state index is 0.416. The summed E-state index contributed by atoms with van der Waals surface area (Å²) in [6.07, 6.45) is 13.8. The summed E-state index contributed by atoms with van der Waals surface area (Å²) in [7, 11) is 0. The molecule has 1 aliphatic rings. The Morgan fingerprint density at radius 1 is 0.787 bits per heavy atom. The van der Waals surface area contributed by atoms with Gasteiger partial charge in [0.1, 0.15) is 11.2 Å². The Hall–Kier alpha value is -5.12. The van der Waals surface area contributed by atoms with Crippen molar-refractivity contribution >= 4 is 80.8 Å². The van der Waals surface area contributed by atoms with Crippen LogP contribution in [0, 0.1) is 5.92 Å². The van der Waals surface area contributed by atoms with Gasteiger partial charge in [-0.1, -0.05) is 111 Å². The van der Waals surface area contributed by atoms with Crippen LogP contribution in [0.2, 0.25) is 0 Å². The quantitative estimate of drug-likeness (QED) is 0.168. The van der Waals surface area contributed by atoms with Crippen molar-refractivity contribution < 1.29 is 4.42 Å². The molecule has 1 aliphatic carbocycles. The minimum absolute atomic E-state index is 0.416. The molecule has 0 spiro atoms. The molecule has 47 heavy (non-hydrogen) atoms. The van der Waals surface area contributed by atoms with Gasteiger partial charge in [0.05, 0.1) is 5.52 Å². The van der Waals surface area contributed by atoms with Gasteiger partial charge in [0, 0.05) is 53.8 Å². The van der Waals surface area contributed by atoms with E-state index in [9.17, 15) is 0 Å². The molecule has 0 fully saturated rings. The molecule has 1 unspecified atom stereocenters. The molecule has 3 heterocycles. The first-order chi connectivity index (χ1) is 23.2. The normalized spacial score (nSPS) is 16.0. The third-order valence-corrected chi connectivity index (χ3v) is 11.0. The lowest BCUT2D eigenvalue weighted by Crippen LogP contribution is -2.07. The van der Waals surface area contributed by atoms with Crippen molar-refractivity contribution in [3.05, 3.63) is 150 Å². The van der Waals surface area contributed by atoms with Crippen molar-refractivity contribution in [2.75, 3.05) is 0 Å². The van der Waals surface area contributed by atoms with Gasteiger partial charge >= 0.3 is 0 Å². The van der Waals surface area contributed by atoms with E-state index >= 15 is 0 Å². The zero-order chi connectivity index (χ0) is 31.5. The standard InChI is InChI=1S/C44H35NOS/c1-3-11-29(32-21-19-30(26-28(32)2)31-20-23-40-37(27-31)34-14-5-8-17-39(34)46-40)12-10-25-45-38-16-7-4-13-33(38)35-22-24-42-43(44(35)45)36-15-6-9-18-41(36)47-42/h4-24,27-28H,3,25-26H2,1-2H3/b12-10-,29-11+. The number of hydrogen-bond donors (Lipinski definition) is 0. The number of furan rings is 1. The fraction of sp³-hybridized carbons (Fsp3) is 0.136. The average molecular weight is 626 g/mol. The van der Waals surface area contributed by atoms with Gasteiger partial charge in [-0.25, -0.2) is 0 Å². The van der Waals surface area contributed by atoms with E-state index in [0.29, 0.717) is 5.92 Å². The van der Waals surface area contributed by atoms with Crippen LogP contribution >= 0.6 is 11.3 Å². The number of nitrogens with zero attached hydrogens (tertiary/aromatic N) is 1. The second kappa shape index (κ2) is 11.3. The fourth-order valence-electron chi connectivity index (χ4n) is 7.71. The number of hydrogen-bond acceptors (Lipinski definition) is 2. The summed E-state index contributed by atoms with van der Waals surface area (Å²) < 4.78 is 11.3. The van der Waals surface area contributed by atoms with Crippen LogP contribution in [0.1, 0.15) is 32.3 Å². The van der Waals surface area contributed by atoms with Crippen LogP contribution in [0.15, 0.2) is 149 Å². The maximum absolute atomic E-state index is 6.09. The highest BCUT2D eigenvalue weighted by atomic mass is 32.1. The molecular weight excluding hydrogens is 591 g/mol. The van der Waals surface area contributed by atoms with E-state index in [1.807, 2.05) is 23.5 Å². The van der Waals surface area contributed by atoms with Crippen molar-refractivity contribution in [3.8, 4) is 0 Å². The molecule has 1 atom stereocenters. The molecule has 2 nitrogen and oxygen atoms in total. The Morgan fingerprint density at radius 3 is 2.45 bits per heavy atom. The summed E-state index contributed by atoms with van der Waals surface area (Å²) in [6.45, 7) is 5.42. The number of allylic oxidation sites excluding steroid dienone is 8. The van der Waals surface area contributed by atoms with Crippen molar-refractivity contribution in [1.29, 1.82) is 0 Å². The first-order valence-corrected chi connectivity index (χ1v) is 17.5. The maximum Gasteiger partial charge on any atom is 0.135 e. The summed E-state index contributed by atoms with van der Waals surface area (Å²) in [6, 6.07) is 37.3. The van der Waals surface area contributed by atoms with Gasteiger partial charge < -0.3 is 8.98 Å². The molecule has 8 aromatic rings. The van der Waals surface area contributed by atoms with Gasteiger partial charge in [0.15, 0.2) is 0 Å². The Labute approximate surface area is 278 Å². The summed E-state index contributed by atoms with van der Waals surface area (Å²) in [5.74, 6) is 0.416. The number of para-hydroxylation sites is 2. The lowest BCUT2D eigenvalue weighted by molar-refractivity contribution is 0.669. The van der Waals surface area contributed by atoms with E-state index in [4.69, 9.17) is 4.42 Å². The van der Waals surface area contributed by atoms with Gasteiger partial charge in [-0.15, -0.1) is 11.3 Å². The summed E-state index contributed by atoms with van der Waals surface area (Å²) in [5, 5.41) is 7.74. The third-order valence-electron chi connectivity index (χ3n) is 9.88. The molecule has 0 amide bonds. The number of thiophene rings is 1. The summed E-state index contributed by atoms with van der Waals surface area (Å²) >= 11 is 1.89. The molecule has 0 bridgehead atoms. The van der Waals surface area contributed by atoms with Gasteiger partial charge in [0.2, 0.25) is 0 Å². The third kappa shape index (κ3) is 4.60. The van der Waals surface area contributed by atoms with Gasteiger partial charge in [0.25, 0.3) is 0 Å². The highest BCUT2D eigenvalue weighted by molar-refractivity contribution is 7.26. The van der Waals surface area contributed by atoms with Crippen LogP contribution in [0.3, 0.4) is 0 Å². The Kier molecular flexibility index (Phi) is 6.76. The van der Waals surface area contributed by atoms with E-state index < -0.39 is 0 Å². The van der Waals surface area contributed by atoms with Gasteiger partial charge in [-0.2, -0.15) is 0 Å². The lowest BCUT2D eigenvalue weighted by atomic mass is 9.81. The smallest absolute Gasteiger partial charge is 0.135 e. The highest BCUT2D eigenvalue weighted by Crippen LogP contribution is 2.42. The second-order valence-electron chi connectivity index (χ2n) is 12.8. The topological polar surface area (TPSA) is 18.1 Å². The molecule has 3 aromatic heterocycles. The van der Waals surface area contributed by atoms with Crippen LogP contribution in [0.25, 0.3) is 69.5 Å². The lowest BCUT2D eigenvalue weighted by Gasteiger charge is -2.23. The van der Waals surface area contributed by atoms with Crippen LogP contribution < -0.4 is 0 Å². The predicted octanol–water partition coefficient (Wildman–Crippen LogP) is 13.0. The van der Waals surface area contributed by atoms with Crippen LogP contribution in [-0.4, -0.2) is 4.57 Å². The van der Waals surface area contributed by atoms with E-state index in [2.05, 4.69) is 140 Å². The molecule has 0 saturated carbocycles. The van der Waals surface area contributed by atoms with Gasteiger partial charge in [-0.05, 0) is 77.4 Å². The summed E-state index contributed by atoms with van der Waals surface area (Å²) in [5.41, 5.74) is 9.93. The number of fused-ring (bicyclic) bond motifs is 10. The Bertz CT molecular complexity index is 2630. The molecular formula is C44H35NOS. The zero-order valence-corrected chi connectivity index (χ0v) is 27.5. The monoisotopic (exact) mass is 625 g/mol. The zero-order valence-electron chi connectivity index (χ0n) is 26.7. The predicted molar refractivity (Wildman–Crippen MR) is 203 cm³/mol. The SMILES string of the molecule is CC/C=C(\C=C/Cn1c2ccccc2c2ccc3sc4ccccc4c3c21)C1=CC=C(c2ccc3oc4ccccc4c3c2)CC1C. The largest absolute Gasteiger partial charge is 0.456 e. The van der Waals surface area contributed by atoms with Crippen molar-refractivity contribution in [2.45, 2.75) is 33.2 Å². The molecule has 0 aliphatic heterocycles.